The van der Waals surface area contributed by atoms with Crippen LogP contribution < -0.4 is 25.1 Å². The molecule has 2 aliphatic heterocycles. The summed E-state index contributed by atoms with van der Waals surface area (Å²) in [5.74, 6) is 4.81. The first-order valence-electron chi connectivity index (χ1n) is 50.0. The fourth-order valence-electron chi connectivity index (χ4n) is 21.4. The number of phenols is 2. The predicted molar refractivity (Wildman–Crippen MR) is 654 cm³/mol. The first kappa shape index (κ1) is 111. The normalized spacial score (nSPS) is 16.6. The molecule has 13 nitrogen and oxygen atoms in total. The van der Waals surface area contributed by atoms with E-state index in [1.165, 1.54) is 15.7 Å². The third kappa shape index (κ3) is 23.5. The molecule has 4 aliphatic rings. The van der Waals surface area contributed by atoms with Crippen LogP contribution in [0.4, 0.5) is 0 Å². The smallest absolute Gasteiger partial charge is 0.498 e. The summed E-state index contributed by atoms with van der Waals surface area (Å²) in [6.07, 6.45) is -5.06. The molecule has 28 radical (unpaired) electrons. The van der Waals surface area contributed by atoms with Crippen molar-refractivity contribution in [2.45, 2.75) is 134 Å². The number of hydrogen-bond acceptors (Lipinski definition) is 12. The second-order valence-corrected chi connectivity index (χ2v) is 42.7. The van der Waals surface area contributed by atoms with E-state index in [0.29, 0.717) is 19.8 Å². The van der Waals surface area contributed by atoms with E-state index in [9.17, 15) is 10.2 Å². The molecule has 3 aromatic heterocycles. The van der Waals surface area contributed by atoms with Gasteiger partial charge in [0.2, 0.25) is 0 Å². The van der Waals surface area contributed by atoms with E-state index in [-0.39, 0.29) is 62.4 Å². The fraction of sp³-hybridized carbons (Fsp3) is 0.243. The summed E-state index contributed by atoms with van der Waals surface area (Å²) in [6, 6.07) is 95.8. The molecule has 20 rings (SSSR count). The van der Waals surface area contributed by atoms with Crippen LogP contribution in [-0.4, -0.2) is 284 Å². The molecule has 147 heavy (non-hydrogen) atoms. The third-order valence-electron chi connectivity index (χ3n) is 29.1. The number of ether oxygens (including phenoxy) is 4. The highest BCUT2D eigenvalue weighted by Gasteiger charge is 2.72. The largest absolute Gasteiger partial charge is 0.505 e. The first-order chi connectivity index (χ1) is 70.2. The van der Waals surface area contributed by atoms with Gasteiger partial charge >= 0.3 is 14.2 Å². The van der Waals surface area contributed by atoms with Crippen molar-refractivity contribution >= 4 is 315 Å². The van der Waals surface area contributed by atoms with Crippen molar-refractivity contribution in [3.05, 3.63) is 300 Å². The van der Waals surface area contributed by atoms with Gasteiger partial charge in [-0.3, -0.25) is 0 Å². The number of aromatic nitrogens is 3. The van der Waals surface area contributed by atoms with Crippen LogP contribution in [0.2, 0.25) is 0 Å². The number of halogens is 1. The summed E-state index contributed by atoms with van der Waals surface area (Å²) in [4.78, 5) is 2.37. The lowest BCUT2D eigenvalue weighted by atomic mass is 8.34. The number of aryl methyl sites for hydroxylation is 3. The number of hydrogen-bond donors (Lipinski definition) is 2. The lowest BCUT2D eigenvalue weighted by Crippen LogP contribution is -2.86. The van der Waals surface area contributed by atoms with Crippen LogP contribution in [0.25, 0.3) is 105 Å². The second-order valence-electron chi connectivity index (χ2n) is 39.5. The lowest BCUT2D eigenvalue weighted by molar-refractivity contribution is 0.0219. The Morgan fingerprint density at radius 1 is 0.347 bits per heavy atom. The van der Waals surface area contributed by atoms with Crippen molar-refractivity contribution in [2.24, 2.45) is 0 Å². The minimum Gasteiger partial charge on any atom is -0.505 e. The van der Waals surface area contributed by atoms with Gasteiger partial charge in [0, 0.05) is 269 Å². The Morgan fingerprint density at radius 3 is 1.07 bits per heavy atom. The number of nitrogens with zero attached hydrogens (tertiary/aromatic N) is 3. The number of para-hydroxylation sites is 8. The molecule has 16 aromatic rings. The van der Waals surface area contributed by atoms with Crippen molar-refractivity contribution in [3.63, 3.8) is 0 Å². The van der Waals surface area contributed by atoms with Gasteiger partial charge in [-0.15, -0.1) is 23.5 Å². The zero-order valence-electron chi connectivity index (χ0n) is 83.9. The highest BCUT2D eigenvalue weighted by atomic mass is 79.9. The summed E-state index contributed by atoms with van der Waals surface area (Å²) in [5, 5.41) is 31.2. The van der Waals surface area contributed by atoms with Crippen molar-refractivity contribution in [2.75, 3.05) is 38.1 Å². The number of phenolic OH excluding ortho intramolecular Hbond substituents is 2. The molecular weight excluding hydrogens is 1890 g/mol. The van der Waals surface area contributed by atoms with Crippen LogP contribution >= 0.6 is 39.5 Å². The van der Waals surface area contributed by atoms with Gasteiger partial charge in [0.1, 0.15) is 23.0 Å². The molecular formula is C103H100B28BrN3O10S2. The maximum absolute atomic E-state index is 12.1. The quantitative estimate of drug-likeness (QED) is 0.0168. The van der Waals surface area contributed by atoms with Gasteiger partial charge in [0.05, 0.1) is 90.3 Å². The molecule has 690 valence electrons. The average Bonchev–Trinajstić information content (AvgIpc) is 1.53. The van der Waals surface area contributed by atoms with Crippen LogP contribution in [0.3, 0.4) is 0 Å². The number of benzene rings is 13. The van der Waals surface area contributed by atoms with Crippen LogP contribution in [0, 0.1) is 20.8 Å². The highest BCUT2D eigenvalue weighted by Crippen LogP contribution is 2.60. The molecule has 44 heteroatoms. The monoisotopic (exact) mass is 1990 g/mol. The zero-order chi connectivity index (χ0) is 103. The number of unbranched alkanes of at least 4 members (excludes halogenated alkanes) is 2. The number of thioether (sulfide) groups is 2. The topological polar surface area (TPSA) is 129 Å². The van der Waals surface area contributed by atoms with E-state index in [2.05, 4.69) is 284 Å². The van der Waals surface area contributed by atoms with Crippen LogP contribution in [0.5, 0.6) is 28.7 Å². The molecule has 2 saturated carbocycles. The van der Waals surface area contributed by atoms with Gasteiger partial charge in [-0.1, -0.05) is 189 Å². The van der Waals surface area contributed by atoms with Gasteiger partial charge in [0.25, 0.3) is 0 Å². The van der Waals surface area contributed by atoms with Gasteiger partial charge in [0.15, 0.2) is 12.5 Å². The second kappa shape index (κ2) is 47.9. The van der Waals surface area contributed by atoms with Crippen molar-refractivity contribution in [3.8, 4) is 68.1 Å². The maximum Gasteiger partial charge on any atom is 0.498 e. The van der Waals surface area contributed by atoms with Gasteiger partial charge in [-0.05, 0) is 233 Å². The SMILES string of the molecule is C.CC12CC1(C)OB(c1ccccc1OCCCCSc1ccccc1B1OC3(C)CC3(C)O1)O2.CCOCOc1c(Br)cc(C)cc1-n1c2ccccc2c2ccccc21.Cc1cc(-c2ccccc2OCCCCSc2ccccc2-c2cc(C)cc(-n3c4ccccc4c4ccccc43)c2O)c(O)c(-n2c3ccccc3c3ccccc32)c1.[B]B([B])B(B([B])[B])B(B([B])[B])B(B(B([B])[B])B([B])[B])B(B([B])[B])B([B])[B]. The molecule has 13 aromatic carbocycles. The first-order valence-corrected chi connectivity index (χ1v) is 52.7. The van der Waals surface area contributed by atoms with E-state index < -0.39 is 76.6 Å². The van der Waals surface area contributed by atoms with Crippen molar-refractivity contribution in [1.29, 1.82) is 0 Å². The Morgan fingerprint density at radius 2 is 0.660 bits per heavy atom. The molecule has 0 amide bonds. The lowest BCUT2D eigenvalue weighted by Gasteiger charge is -2.48. The Bertz CT molecular complexity index is 6810. The molecule has 0 bridgehead atoms. The number of aromatic hydroxyl groups is 2. The Hall–Kier alpha value is -8.94. The van der Waals surface area contributed by atoms with Crippen LogP contribution in [0.15, 0.2) is 293 Å². The molecule has 2 saturated heterocycles. The van der Waals surface area contributed by atoms with E-state index in [1.54, 1.807) is 0 Å². The summed E-state index contributed by atoms with van der Waals surface area (Å²) in [7, 11) is 82.3. The van der Waals surface area contributed by atoms with E-state index in [1.807, 2.05) is 103 Å². The highest BCUT2D eigenvalue weighted by molar-refractivity contribution is 9.10. The van der Waals surface area contributed by atoms with E-state index >= 15 is 0 Å². The minimum atomic E-state index is -1.02. The van der Waals surface area contributed by atoms with Gasteiger partial charge in [-0.2, -0.15) is 0 Å². The van der Waals surface area contributed by atoms with Crippen molar-refractivity contribution in [1.82, 2.24) is 13.7 Å². The molecule has 4 fully saturated rings. The fourth-order valence-corrected chi connectivity index (χ4v) is 24.2. The molecule has 2 N–H and O–H groups in total. The van der Waals surface area contributed by atoms with E-state index in [0.717, 1.165) is 198 Å². The minimum absolute atomic E-state index is 0. The molecule has 2 aliphatic carbocycles. The molecule has 0 spiro atoms. The zero-order valence-corrected chi connectivity index (χ0v) is 87.1. The molecule has 5 heterocycles. The van der Waals surface area contributed by atoms with E-state index in [4.69, 9.17) is 146 Å². The predicted octanol–water partition coefficient (Wildman–Crippen LogP) is 15.1. The van der Waals surface area contributed by atoms with Crippen LogP contribution in [-0.2, 0) is 23.4 Å². The van der Waals surface area contributed by atoms with Crippen LogP contribution in [0.1, 0.15) is 97.3 Å². The average molecular weight is 1990 g/mol. The van der Waals surface area contributed by atoms with Gasteiger partial charge < -0.3 is 61.5 Å². The Labute approximate surface area is 908 Å². The third-order valence-corrected chi connectivity index (χ3v) is 32.0. The summed E-state index contributed by atoms with van der Waals surface area (Å²) in [5.41, 5.74) is 17.4. The van der Waals surface area contributed by atoms with Gasteiger partial charge in [-0.25, -0.2) is 0 Å². The number of fused-ring (bicyclic) bond motifs is 11. The number of rotatable bonds is 36. The Balaban J connectivity index is 0.000000151. The Kier molecular flexibility index (Phi) is 36.1. The standard InChI is InChI=1S/C54H44N2O3S.C26H32B2O5S.C22H20BrNO2.CH4.B26/c1-35-31-43(53(57)49(33-35)55-45-23-9-3-17-37(45)38-18-4-10-24-46(38)55)41-21-7-13-27-51(41)59-29-15-16-30-60-52-28-14-8-22-42(52)44-32-36(2)34-50(54(44)58)56-47-25-11-5-19-39(47)40-20-6-12-26-48(40)56;1-23-17-24(23,2)31-27(30-23)19-11-5-7-13-21(19)29-15-9-10-16-34-22-14-8-6-12-20(22)28-32-25(3)18-26(25,4)33-28;1-3-25-14-26-22-18(23)12-15(2)13-21(22)24-19-10-6-4-8-16(19)17-9-5-7-11-20(17)24;;1-15(2)22(16(3)4)25(21(13)14)26(23(17(5)6)18(7)8)24(19(9)10)20(11)12/h3-14,17-28,31-34,57-58H,15-16,29-30H2,1-2H3;5-8,11-14H,9-10,15-18H2,1-4H3;4-13H,3,14H2,1-2H3;1H4;. The molecule has 4 atom stereocenters. The van der Waals surface area contributed by atoms with Crippen molar-refractivity contribution < 1.29 is 47.8 Å². The summed E-state index contributed by atoms with van der Waals surface area (Å²) >= 11 is 7.34. The summed E-state index contributed by atoms with van der Waals surface area (Å²) < 4.78 is 56.5. The molecule has 4 unspecified atom stereocenters. The maximum atomic E-state index is 12.1. The summed E-state index contributed by atoms with van der Waals surface area (Å²) in [6.45, 7) is 18.8.